The molecule has 1 heterocycles. The molecule has 14 heavy (non-hydrogen) atoms. The predicted molar refractivity (Wildman–Crippen MR) is 54.8 cm³/mol. The molecule has 0 spiro atoms. The third-order valence-corrected chi connectivity index (χ3v) is 2.74. The minimum absolute atomic E-state index is 0.295. The van der Waals surface area contributed by atoms with Crippen molar-refractivity contribution in [2.24, 2.45) is 0 Å². The minimum Gasteiger partial charge on any atom is -0.507 e. The van der Waals surface area contributed by atoms with Gasteiger partial charge in [0.2, 0.25) is 0 Å². The van der Waals surface area contributed by atoms with Gasteiger partial charge in [-0.05, 0) is 37.6 Å². The summed E-state index contributed by atoms with van der Waals surface area (Å²) in [6, 6.07) is 4.04. The number of hydrogen-bond acceptors (Lipinski definition) is 3. The van der Waals surface area contributed by atoms with Gasteiger partial charge in [0.25, 0.3) is 0 Å². The van der Waals surface area contributed by atoms with Gasteiger partial charge in [-0.3, -0.25) is 0 Å². The summed E-state index contributed by atoms with van der Waals surface area (Å²) < 4.78 is 5.17. The second-order valence-corrected chi connectivity index (χ2v) is 3.68. The van der Waals surface area contributed by atoms with Crippen LogP contribution in [-0.4, -0.2) is 18.8 Å². The van der Waals surface area contributed by atoms with Crippen molar-refractivity contribution in [1.82, 2.24) is 5.32 Å². The number of rotatable bonds is 2. The van der Waals surface area contributed by atoms with Crippen molar-refractivity contribution in [2.75, 3.05) is 13.7 Å². The van der Waals surface area contributed by atoms with E-state index in [0.717, 1.165) is 29.8 Å². The Morgan fingerprint density at radius 3 is 2.71 bits per heavy atom. The van der Waals surface area contributed by atoms with Gasteiger partial charge in [0.15, 0.2) is 0 Å². The molecule has 1 aliphatic heterocycles. The van der Waals surface area contributed by atoms with Crippen LogP contribution < -0.4 is 10.1 Å². The van der Waals surface area contributed by atoms with Crippen molar-refractivity contribution >= 4 is 0 Å². The van der Waals surface area contributed by atoms with E-state index in [1.165, 1.54) is 0 Å². The van der Waals surface area contributed by atoms with Crippen LogP contribution in [0, 0.1) is 6.92 Å². The van der Waals surface area contributed by atoms with Gasteiger partial charge in [-0.25, -0.2) is 0 Å². The fourth-order valence-corrected chi connectivity index (χ4v) is 1.71. The van der Waals surface area contributed by atoms with Gasteiger partial charge < -0.3 is 15.2 Å². The standard InChI is InChI=1S/C11H15NO2/c1-7-5-8(14-2)6-9(11(7)13)10-3-4-12-10/h5-6,10,12-13H,3-4H2,1-2H3/t10-/m1/s1. The van der Waals surface area contributed by atoms with Crippen molar-refractivity contribution in [3.8, 4) is 11.5 Å². The zero-order valence-corrected chi connectivity index (χ0v) is 8.50. The van der Waals surface area contributed by atoms with Gasteiger partial charge in [-0.15, -0.1) is 0 Å². The van der Waals surface area contributed by atoms with Gasteiger partial charge in [-0.1, -0.05) is 0 Å². The smallest absolute Gasteiger partial charge is 0.123 e. The third kappa shape index (κ3) is 1.44. The molecule has 2 rings (SSSR count). The van der Waals surface area contributed by atoms with Crippen molar-refractivity contribution in [3.63, 3.8) is 0 Å². The maximum atomic E-state index is 9.86. The second kappa shape index (κ2) is 3.50. The number of aryl methyl sites for hydroxylation is 1. The maximum absolute atomic E-state index is 9.86. The third-order valence-electron chi connectivity index (χ3n) is 2.74. The Morgan fingerprint density at radius 2 is 2.21 bits per heavy atom. The molecule has 0 saturated carbocycles. The van der Waals surface area contributed by atoms with Crippen LogP contribution in [0.15, 0.2) is 12.1 Å². The number of aromatic hydroxyl groups is 1. The molecule has 1 fully saturated rings. The lowest BCUT2D eigenvalue weighted by molar-refractivity contribution is 0.358. The molecular formula is C11H15NO2. The van der Waals surface area contributed by atoms with E-state index in [1.807, 2.05) is 19.1 Å². The monoisotopic (exact) mass is 193 g/mol. The zero-order chi connectivity index (χ0) is 10.1. The molecule has 1 aromatic rings. The summed E-state index contributed by atoms with van der Waals surface area (Å²) in [5.74, 6) is 1.20. The molecule has 1 aromatic carbocycles. The van der Waals surface area contributed by atoms with Crippen LogP contribution in [-0.2, 0) is 0 Å². The Labute approximate surface area is 83.7 Å². The first-order valence-corrected chi connectivity index (χ1v) is 4.83. The predicted octanol–water partition coefficient (Wildman–Crippen LogP) is 1.74. The highest BCUT2D eigenvalue weighted by Crippen LogP contribution is 2.35. The van der Waals surface area contributed by atoms with E-state index in [-0.39, 0.29) is 0 Å². The van der Waals surface area contributed by atoms with E-state index >= 15 is 0 Å². The van der Waals surface area contributed by atoms with E-state index < -0.39 is 0 Å². The summed E-state index contributed by atoms with van der Waals surface area (Å²) >= 11 is 0. The topological polar surface area (TPSA) is 41.5 Å². The van der Waals surface area contributed by atoms with Crippen molar-refractivity contribution in [1.29, 1.82) is 0 Å². The normalized spacial score (nSPS) is 20.3. The molecule has 0 unspecified atom stereocenters. The second-order valence-electron chi connectivity index (χ2n) is 3.68. The molecule has 0 radical (unpaired) electrons. The molecule has 3 heteroatoms. The highest BCUT2D eigenvalue weighted by molar-refractivity contribution is 5.47. The van der Waals surface area contributed by atoms with Crippen LogP contribution in [0.3, 0.4) is 0 Å². The highest BCUT2D eigenvalue weighted by atomic mass is 16.5. The Bertz CT molecular complexity index is 345. The first kappa shape index (κ1) is 9.34. The number of benzene rings is 1. The average Bonchev–Trinajstić information content (AvgIpc) is 2.09. The van der Waals surface area contributed by atoms with Gasteiger partial charge in [-0.2, -0.15) is 0 Å². The number of phenolic OH excluding ortho intramolecular Hbond substituents is 1. The molecule has 0 bridgehead atoms. The number of nitrogens with one attached hydrogen (secondary N) is 1. The van der Waals surface area contributed by atoms with Crippen molar-refractivity contribution in [3.05, 3.63) is 23.3 Å². The molecule has 2 N–H and O–H groups in total. The summed E-state index contributed by atoms with van der Waals surface area (Å²) in [6.07, 6.45) is 1.08. The zero-order valence-electron chi connectivity index (χ0n) is 8.50. The number of phenols is 1. The Hall–Kier alpha value is -1.22. The van der Waals surface area contributed by atoms with Crippen molar-refractivity contribution < 1.29 is 9.84 Å². The lowest BCUT2D eigenvalue weighted by Crippen LogP contribution is -2.35. The molecule has 0 aromatic heterocycles. The van der Waals surface area contributed by atoms with E-state index in [4.69, 9.17) is 4.74 Å². The number of hydrogen-bond donors (Lipinski definition) is 2. The van der Waals surface area contributed by atoms with Crippen LogP contribution in [0.4, 0.5) is 0 Å². The Kier molecular flexibility index (Phi) is 2.33. The highest BCUT2D eigenvalue weighted by Gasteiger charge is 2.22. The molecule has 0 aliphatic carbocycles. The Balaban J connectivity index is 2.40. The lowest BCUT2D eigenvalue weighted by Gasteiger charge is -2.29. The molecule has 1 saturated heterocycles. The van der Waals surface area contributed by atoms with Gasteiger partial charge in [0.05, 0.1) is 7.11 Å². The van der Waals surface area contributed by atoms with Crippen LogP contribution in [0.2, 0.25) is 0 Å². The molecular weight excluding hydrogens is 178 g/mol. The van der Waals surface area contributed by atoms with E-state index in [2.05, 4.69) is 5.32 Å². The largest absolute Gasteiger partial charge is 0.507 e. The fourth-order valence-electron chi connectivity index (χ4n) is 1.71. The van der Waals surface area contributed by atoms with Gasteiger partial charge >= 0.3 is 0 Å². The molecule has 0 amide bonds. The lowest BCUT2D eigenvalue weighted by atomic mass is 9.95. The molecule has 1 aliphatic rings. The average molecular weight is 193 g/mol. The summed E-state index contributed by atoms with van der Waals surface area (Å²) in [5, 5.41) is 13.1. The first-order chi connectivity index (χ1) is 6.72. The van der Waals surface area contributed by atoms with E-state index in [0.29, 0.717) is 11.8 Å². The van der Waals surface area contributed by atoms with Crippen LogP contribution in [0.1, 0.15) is 23.6 Å². The summed E-state index contributed by atoms with van der Waals surface area (Å²) in [5.41, 5.74) is 1.82. The van der Waals surface area contributed by atoms with E-state index in [9.17, 15) is 5.11 Å². The van der Waals surface area contributed by atoms with Crippen molar-refractivity contribution in [2.45, 2.75) is 19.4 Å². The Morgan fingerprint density at radius 1 is 1.50 bits per heavy atom. The van der Waals surface area contributed by atoms with Crippen LogP contribution >= 0.6 is 0 Å². The van der Waals surface area contributed by atoms with E-state index in [1.54, 1.807) is 7.11 Å². The number of ether oxygens (including phenoxy) is 1. The molecule has 1 atom stereocenters. The summed E-state index contributed by atoms with van der Waals surface area (Å²) in [7, 11) is 1.64. The summed E-state index contributed by atoms with van der Waals surface area (Å²) in [4.78, 5) is 0. The minimum atomic E-state index is 0.295. The SMILES string of the molecule is COc1cc(C)c(O)c([C@H]2CCN2)c1. The molecule has 76 valence electrons. The van der Waals surface area contributed by atoms with Gasteiger partial charge in [0.1, 0.15) is 11.5 Å². The maximum Gasteiger partial charge on any atom is 0.123 e. The molecule has 3 nitrogen and oxygen atoms in total. The van der Waals surface area contributed by atoms with Gasteiger partial charge in [0, 0.05) is 11.6 Å². The van der Waals surface area contributed by atoms with Crippen LogP contribution in [0.25, 0.3) is 0 Å². The van der Waals surface area contributed by atoms with Crippen LogP contribution in [0.5, 0.6) is 11.5 Å². The fraction of sp³-hybridized carbons (Fsp3) is 0.455. The quantitative estimate of drug-likeness (QED) is 0.751. The first-order valence-electron chi connectivity index (χ1n) is 4.83. The number of methoxy groups -OCH3 is 1. The summed E-state index contributed by atoms with van der Waals surface area (Å²) in [6.45, 7) is 2.92.